The molecule has 0 radical (unpaired) electrons. The van der Waals surface area contributed by atoms with Crippen molar-refractivity contribution in [3.63, 3.8) is 0 Å². The van der Waals surface area contributed by atoms with E-state index < -0.39 is 5.41 Å². The van der Waals surface area contributed by atoms with Gasteiger partial charge in [0.1, 0.15) is 0 Å². The summed E-state index contributed by atoms with van der Waals surface area (Å²) in [6, 6.07) is 46.3. The van der Waals surface area contributed by atoms with Crippen molar-refractivity contribution < 1.29 is 25.8 Å². The van der Waals surface area contributed by atoms with Crippen LogP contribution >= 0.6 is 0 Å². The summed E-state index contributed by atoms with van der Waals surface area (Å²) in [4.78, 5) is 11.5. The Morgan fingerprint density at radius 1 is 0.643 bits per heavy atom. The smallest absolute Gasteiger partial charge is 0.503 e. The van der Waals surface area contributed by atoms with Gasteiger partial charge in [-0.15, -0.1) is 41.5 Å². The summed E-state index contributed by atoms with van der Waals surface area (Å²) in [6.45, 7) is 0. The molecule has 2 aromatic heterocycles. The van der Waals surface area contributed by atoms with Crippen LogP contribution in [0.4, 0.5) is 5.69 Å². The Labute approximate surface area is 261 Å². The second-order valence-electron chi connectivity index (χ2n) is 10.3. The van der Waals surface area contributed by atoms with Gasteiger partial charge in [-0.25, -0.2) is 0 Å². The Morgan fingerprint density at radius 3 is 2.00 bits per heavy atom. The van der Waals surface area contributed by atoms with E-state index in [-0.39, 0.29) is 21.1 Å². The molecule has 206 valence electrons. The van der Waals surface area contributed by atoms with E-state index >= 15 is 0 Å². The predicted molar refractivity (Wildman–Crippen MR) is 163 cm³/mol. The van der Waals surface area contributed by atoms with Crippen LogP contribution in [0.3, 0.4) is 0 Å². The van der Waals surface area contributed by atoms with Crippen LogP contribution < -0.4 is 9.64 Å². The Morgan fingerprint density at radius 2 is 1.31 bits per heavy atom. The van der Waals surface area contributed by atoms with Crippen molar-refractivity contribution in [1.29, 1.82) is 0 Å². The van der Waals surface area contributed by atoms with Crippen LogP contribution in [-0.2, 0) is 26.5 Å². The predicted octanol–water partition coefficient (Wildman–Crippen LogP) is 7.96. The largest absolute Gasteiger partial charge is 2.00 e. The maximum atomic E-state index is 6.41. The van der Waals surface area contributed by atoms with Gasteiger partial charge in [0.15, 0.2) is 0 Å². The fourth-order valence-electron chi connectivity index (χ4n) is 5.87. The molecule has 4 aromatic carbocycles. The number of fused-ring (bicyclic) bond motifs is 3. The van der Waals surface area contributed by atoms with Gasteiger partial charge in [-0.1, -0.05) is 66.7 Å². The number of benzene rings is 4. The maximum absolute atomic E-state index is 6.41. The molecule has 2 heterocycles. The van der Waals surface area contributed by atoms with Gasteiger partial charge in [0.05, 0.1) is 11.1 Å². The second-order valence-corrected chi connectivity index (χ2v) is 10.3. The van der Waals surface area contributed by atoms with Crippen molar-refractivity contribution in [1.82, 2.24) is 9.97 Å². The zero-order valence-electron chi connectivity index (χ0n) is 23.2. The minimum absolute atomic E-state index is 0. The minimum Gasteiger partial charge on any atom is -0.503 e. The molecule has 0 atom stereocenters. The van der Waals surface area contributed by atoms with E-state index in [0.29, 0.717) is 11.5 Å². The topological polar surface area (TPSA) is 38.2 Å². The van der Waals surface area contributed by atoms with Crippen molar-refractivity contribution in [3.8, 4) is 33.9 Å². The van der Waals surface area contributed by atoms with Crippen LogP contribution in [0.5, 0.6) is 11.5 Å². The summed E-state index contributed by atoms with van der Waals surface area (Å²) in [5.41, 5.74) is 8.88. The van der Waals surface area contributed by atoms with E-state index in [0.717, 1.165) is 28.2 Å². The van der Waals surface area contributed by atoms with E-state index in [1.54, 1.807) is 0 Å². The standard InChI is InChI=1S/C37H27N3O.Pt/c1-40(2)28-20-22-38-35(25-28)26-11-9-13-29(23-26)41-30-14-10-12-27(24-30)37(36-19-7-8-21-39-36)33-17-5-3-15-31(33)32-16-4-6-18-34(32)37;/h3-22,25H,1-2H3;/q-2;+2. The van der Waals surface area contributed by atoms with Gasteiger partial charge in [0, 0.05) is 43.7 Å². The quantitative estimate of drug-likeness (QED) is 0.163. The summed E-state index contributed by atoms with van der Waals surface area (Å²) in [5, 5.41) is 0. The summed E-state index contributed by atoms with van der Waals surface area (Å²) in [7, 11) is 4.04. The van der Waals surface area contributed by atoms with E-state index in [2.05, 4.69) is 82.7 Å². The molecular formula is C37H27N3OPt. The Kier molecular flexibility index (Phi) is 7.49. The zero-order valence-corrected chi connectivity index (χ0v) is 25.5. The zero-order chi connectivity index (χ0) is 27.8. The Balaban J connectivity index is 0.00000316. The number of pyridine rings is 2. The van der Waals surface area contributed by atoms with E-state index in [1.807, 2.05) is 81.1 Å². The molecule has 0 bridgehead atoms. The molecular weight excluding hydrogens is 698 g/mol. The number of nitrogens with zero attached hydrogens (tertiary/aromatic N) is 3. The third kappa shape index (κ3) is 4.62. The van der Waals surface area contributed by atoms with E-state index in [1.165, 1.54) is 22.3 Å². The first-order chi connectivity index (χ1) is 20.1. The molecule has 1 aliphatic rings. The number of aromatic nitrogens is 2. The van der Waals surface area contributed by atoms with Gasteiger partial charge in [0.25, 0.3) is 0 Å². The van der Waals surface area contributed by atoms with Crippen LogP contribution in [0.2, 0.25) is 0 Å². The summed E-state index contributed by atoms with van der Waals surface area (Å²) in [6.07, 6.45) is 3.68. The SMILES string of the molecule is CN(C)c1ccnc(-c2[c-]c(Oc3[c-]c(C4(c5ccccn5)c5ccccc5-c5ccccc54)ccc3)ccc2)c1.[Pt+2]. The van der Waals surface area contributed by atoms with Gasteiger partial charge in [-0.3, -0.25) is 4.98 Å². The van der Waals surface area contributed by atoms with Crippen LogP contribution in [0, 0.1) is 12.1 Å². The normalized spacial score (nSPS) is 12.5. The first-order valence-corrected chi connectivity index (χ1v) is 13.6. The minimum atomic E-state index is -0.629. The number of ether oxygens (including phenoxy) is 1. The molecule has 0 N–H and O–H groups in total. The summed E-state index contributed by atoms with van der Waals surface area (Å²) < 4.78 is 6.41. The number of hydrogen-bond acceptors (Lipinski definition) is 4. The third-order valence-electron chi connectivity index (χ3n) is 7.70. The fourth-order valence-corrected chi connectivity index (χ4v) is 5.87. The van der Waals surface area contributed by atoms with Gasteiger partial charge in [-0.05, 0) is 46.1 Å². The Hall–Kier alpha value is -4.53. The molecule has 6 aromatic rings. The van der Waals surface area contributed by atoms with Crippen molar-refractivity contribution in [3.05, 3.63) is 162 Å². The van der Waals surface area contributed by atoms with Crippen molar-refractivity contribution in [2.75, 3.05) is 19.0 Å². The maximum Gasteiger partial charge on any atom is 2.00 e. The first-order valence-electron chi connectivity index (χ1n) is 13.6. The average Bonchev–Trinajstić information content (AvgIpc) is 3.33. The fraction of sp³-hybridized carbons (Fsp3) is 0.0811. The summed E-state index contributed by atoms with van der Waals surface area (Å²) in [5.74, 6) is 1.22. The van der Waals surface area contributed by atoms with Crippen LogP contribution in [0.25, 0.3) is 22.4 Å². The third-order valence-corrected chi connectivity index (χ3v) is 7.70. The van der Waals surface area contributed by atoms with Crippen molar-refractivity contribution in [2.24, 2.45) is 0 Å². The number of rotatable bonds is 6. The van der Waals surface area contributed by atoms with Gasteiger partial charge in [-0.2, -0.15) is 12.1 Å². The molecule has 0 amide bonds. The molecule has 0 aliphatic heterocycles. The van der Waals surface area contributed by atoms with Crippen LogP contribution in [0.15, 0.2) is 128 Å². The molecule has 0 fully saturated rings. The molecule has 4 nitrogen and oxygen atoms in total. The van der Waals surface area contributed by atoms with Gasteiger partial charge >= 0.3 is 21.1 Å². The molecule has 1 aliphatic carbocycles. The summed E-state index contributed by atoms with van der Waals surface area (Å²) >= 11 is 0. The van der Waals surface area contributed by atoms with Gasteiger partial charge in [0.2, 0.25) is 0 Å². The first kappa shape index (κ1) is 27.6. The van der Waals surface area contributed by atoms with Crippen LogP contribution in [0.1, 0.15) is 22.4 Å². The molecule has 5 heteroatoms. The van der Waals surface area contributed by atoms with Crippen molar-refractivity contribution in [2.45, 2.75) is 5.41 Å². The van der Waals surface area contributed by atoms with Gasteiger partial charge < -0.3 is 14.6 Å². The molecule has 7 rings (SSSR count). The van der Waals surface area contributed by atoms with E-state index in [9.17, 15) is 0 Å². The molecule has 0 saturated heterocycles. The number of hydrogen-bond donors (Lipinski definition) is 0. The second kappa shape index (κ2) is 11.4. The molecule has 0 spiro atoms. The Bertz CT molecular complexity index is 1820. The monoisotopic (exact) mass is 724 g/mol. The van der Waals surface area contributed by atoms with Crippen molar-refractivity contribution >= 4 is 5.69 Å². The van der Waals surface area contributed by atoms with E-state index in [4.69, 9.17) is 9.72 Å². The molecule has 0 unspecified atom stereocenters. The van der Waals surface area contributed by atoms with Crippen LogP contribution in [-0.4, -0.2) is 24.1 Å². The molecule has 42 heavy (non-hydrogen) atoms. The average molecular weight is 725 g/mol. The molecule has 0 saturated carbocycles. The number of anilines is 1.